The van der Waals surface area contributed by atoms with E-state index in [0.717, 1.165) is 55.6 Å². The molecule has 0 fully saturated rings. The number of hydrogen-bond donors (Lipinski definition) is 0. The van der Waals surface area contributed by atoms with Crippen molar-refractivity contribution in [2.45, 2.75) is 0 Å². The van der Waals surface area contributed by atoms with Crippen LogP contribution < -0.4 is 4.90 Å². The predicted molar refractivity (Wildman–Crippen MR) is 202 cm³/mol. The molecule has 2 aromatic heterocycles. The minimum Gasteiger partial charge on any atom is -0.456 e. The zero-order chi connectivity index (χ0) is 32.3. The van der Waals surface area contributed by atoms with E-state index in [-0.39, 0.29) is 0 Å². The van der Waals surface area contributed by atoms with Crippen molar-refractivity contribution in [2.24, 2.45) is 0 Å². The minimum atomic E-state index is 0.593. The molecule has 230 valence electrons. The molecule has 0 N–H and O–H groups in total. The van der Waals surface area contributed by atoms with E-state index >= 15 is 0 Å². The first-order valence-corrected chi connectivity index (χ1v) is 16.5. The smallest absolute Gasteiger partial charge is 0.227 e. The fourth-order valence-electron chi connectivity index (χ4n) is 7.13. The summed E-state index contributed by atoms with van der Waals surface area (Å²) in [5.41, 5.74) is 9.44. The molecule has 0 bridgehead atoms. The Morgan fingerprint density at radius 1 is 0.408 bits per heavy atom. The molecular weight excluding hydrogens is 601 g/mol. The first-order valence-electron chi connectivity index (χ1n) is 16.5. The first kappa shape index (κ1) is 27.5. The lowest BCUT2D eigenvalue weighted by Crippen LogP contribution is -2.10. The van der Waals surface area contributed by atoms with Gasteiger partial charge in [0.25, 0.3) is 0 Å². The van der Waals surface area contributed by atoms with Gasteiger partial charge in [0.1, 0.15) is 16.7 Å². The minimum absolute atomic E-state index is 0.593. The van der Waals surface area contributed by atoms with Crippen molar-refractivity contribution in [1.82, 2.24) is 4.98 Å². The Morgan fingerprint density at radius 3 is 1.96 bits per heavy atom. The number of oxazole rings is 1. The van der Waals surface area contributed by atoms with Crippen molar-refractivity contribution in [3.05, 3.63) is 170 Å². The van der Waals surface area contributed by atoms with Gasteiger partial charge < -0.3 is 13.7 Å². The van der Waals surface area contributed by atoms with Gasteiger partial charge in [-0.15, -0.1) is 0 Å². The van der Waals surface area contributed by atoms with Gasteiger partial charge in [-0.3, -0.25) is 0 Å². The standard InChI is InChI=1S/C45H28N2O2/c1-3-11-29(12-4-1)33-16-9-17-34(25-33)47(35-24-23-31-22-21-30-13-7-8-18-36(30)37(31)26-35)40-19-10-20-41-44(40)38-27-39-43(28-42(38)48-41)49-45(46-39)32-14-5-2-6-15-32/h1-28H. The van der Waals surface area contributed by atoms with Crippen molar-refractivity contribution in [2.75, 3.05) is 4.90 Å². The van der Waals surface area contributed by atoms with Gasteiger partial charge in [-0.05, 0) is 87.3 Å². The number of aromatic nitrogens is 1. The van der Waals surface area contributed by atoms with Gasteiger partial charge in [0, 0.05) is 28.4 Å². The van der Waals surface area contributed by atoms with Crippen molar-refractivity contribution < 1.29 is 8.83 Å². The van der Waals surface area contributed by atoms with Gasteiger partial charge in [0.15, 0.2) is 5.58 Å². The topological polar surface area (TPSA) is 42.4 Å². The highest BCUT2D eigenvalue weighted by molar-refractivity contribution is 6.16. The number of furan rings is 1. The van der Waals surface area contributed by atoms with Gasteiger partial charge in [0.2, 0.25) is 5.89 Å². The van der Waals surface area contributed by atoms with Crippen LogP contribution in [0.25, 0.3) is 77.2 Å². The van der Waals surface area contributed by atoms with E-state index in [4.69, 9.17) is 13.8 Å². The van der Waals surface area contributed by atoms with Crippen LogP contribution in [0.3, 0.4) is 0 Å². The normalized spacial score (nSPS) is 11.7. The van der Waals surface area contributed by atoms with E-state index in [0.29, 0.717) is 11.5 Å². The third kappa shape index (κ3) is 4.57. The average Bonchev–Trinajstić information content (AvgIpc) is 3.76. The number of anilines is 3. The molecule has 0 spiro atoms. The summed E-state index contributed by atoms with van der Waals surface area (Å²) in [6.07, 6.45) is 0. The number of benzene rings is 8. The maximum atomic E-state index is 6.54. The second-order valence-corrected chi connectivity index (χ2v) is 12.4. The molecule has 0 radical (unpaired) electrons. The Labute approximate surface area is 282 Å². The highest BCUT2D eigenvalue weighted by Gasteiger charge is 2.22. The maximum absolute atomic E-state index is 6.54. The van der Waals surface area contributed by atoms with Crippen LogP contribution in [0.2, 0.25) is 0 Å². The largest absolute Gasteiger partial charge is 0.456 e. The highest BCUT2D eigenvalue weighted by atomic mass is 16.4. The monoisotopic (exact) mass is 628 g/mol. The van der Waals surface area contributed by atoms with Crippen LogP contribution in [-0.2, 0) is 0 Å². The molecule has 4 nitrogen and oxygen atoms in total. The highest BCUT2D eigenvalue weighted by Crippen LogP contribution is 2.45. The Hall–Kier alpha value is -6.65. The Morgan fingerprint density at radius 2 is 1.10 bits per heavy atom. The Kier molecular flexibility index (Phi) is 6.15. The summed E-state index contributed by atoms with van der Waals surface area (Å²) in [4.78, 5) is 7.25. The van der Waals surface area contributed by atoms with Crippen molar-refractivity contribution in [3.63, 3.8) is 0 Å². The SMILES string of the molecule is c1ccc(-c2cccc(N(c3ccc4ccc5ccccc5c4c3)c3cccc4oc5cc6oc(-c7ccccc7)nc6cc5c34)c2)cc1. The molecule has 10 aromatic rings. The molecule has 0 aliphatic carbocycles. The predicted octanol–water partition coefficient (Wildman–Crippen LogP) is 12.8. The molecule has 0 aliphatic heterocycles. The molecule has 0 atom stereocenters. The van der Waals surface area contributed by atoms with E-state index in [9.17, 15) is 0 Å². The second-order valence-electron chi connectivity index (χ2n) is 12.4. The molecule has 0 saturated heterocycles. The van der Waals surface area contributed by atoms with Crippen LogP contribution in [0.1, 0.15) is 0 Å². The van der Waals surface area contributed by atoms with Crippen LogP contribution in [0.15, 0.2) is 179 Å². The van der Waals surface area contributed by atoms with E-state index in [2.05, 4.69) is 132 Å². The molecule has 8 aromatic carbocycles. The van der Waals surface area contributed by atoms with Crippen molar-refractivity contribution >= 4 is 71.6 Å². The molecule has 0 amide bonds. The third-order valence-electron chi connectivity index (χ3n) is 9.44. The molecule has 49 heavy (non-hydrogen) atoms. The summed E-state index contributed by atoms with van der Waals surface area (Å²) in [6.45, 7) is 0. The second kappa shape index (κ2) is 11.0. The maximum Gasteiger partial charge on any atom is 0.227 e. The first-order chi connectivity index (χ1) is 24.3. The molecular formula is C45H28N2O2. The zero-order valence-corrected chi connectivity index (χ0v) is 26.4. The molecule has 0 unspecified atom stereocenters. The van der Waals surface area contributed by atoms with Gasteiger partial charge in [0.05, 0.1) is 11.1 Å². The summed E-state index contributed by atoms with van der Waals surface area (Å²) in [7, 11) is 0. The molecule has 0 aliphatic rings. The van der Waals surface area contributed by atoms with Gasteiger partial charge in [-0.1, -0.05) is 109 Å². The third-order valence-corrected chi connectivity index (χ3v) is 9.44. The summed E-state index contributed by atoms with van der Waals surface area (Å²) in [5, 5.41) is 6.87. The summed E-state index contributed by atoms with van der Waals surface area (Å²) >= 11 is 0. The quantitative estimate of drug-likeness (QED) is 0.178. The van der Waals surface area contributed by atoms with Crippen LogP contribution in [0.4, 0.5) is 17.1 Å². The zero-order valence-electron chi connectivity index (χ0n) is 26.4. The molecule has 2 heterocycles. The Bertz CT molecular complexity index is 2830. The van der Waals surface area contributed by atoms with Crippen LogP contribution in [0, 0.1) is 0 Å². The van der Waals surface area contributed by atoms with E-state index in [1.807, 2.05) is 42.5 Å². The summed E-state index contributed by atoms with van der Waals surface area (Å²) in [6, 6.07) is 59.4. The fourth-order valence-corrected chi connectivity index (χ4v) is 7.13. The van der Waals surface area contributed by atoms with E-state index in [1.165, 1.54) is 27.1 Å². The number of nitrogens with zero attached hydrogens (tertiary/aromatic N) is 2. The van der Waals surface area contributed by atoms with Crippen LogP contribution in [-0.4, -0.2) is 4.98 Å². The fraction of sp³-hybridized carbons (Fsp3) is 0. The summed E-state index contributed by atoms with van der Waals surface area (Å²) in [5.74, 6) is 0.593. The number of fused-ring (bicyclic) bond motifs is 7. The van der Waals surface area contributed by atoms with E-state index in [1.54, 1.807) is 0 Å². The van der Waals surface area contributed by atoms with Gasteiger partial charge in [-0.2, -0.15) is 0 Å². The van der Waals surface area contributed by atoms with Crippen LogP contribution in [0.5, 0.6) is 0 Å². The number of rotatable bonds is 5. The average molecular weight is 629 g/mol. The van der Waals surface area contributed by atoms with Crippen LogP contribution >= 0.6 is 0 Å². The summed E-state index contributed by atoms with van der Waals surface area (Å²) < 4.78 is 12.8. The van der Waals surface area contributed by atoms with Gasteiger partial charge >= 0.3 is 0 Å². The number of hydrogen-bond acceptors (Lipinski definition) is 4. The lowest BCUT2D eigenvalue weighted by molar-refractivity contribution is 0.617. The molecule has 0 saturated carbocycles. The van der Waals surface area contributed by atoms with E-state index < -0.39 is 0 Å². The van der Waals surface area contributed by atoms with Crippen molar-refractivity contribution in [3.8, 4) is 22.6 Å². The Balaban J connectivity index is 1.23. The van der Waals surface area contributed by atoms with Gasteiger partial charge in [-0.25, -0.2) is 4.98 Å². The van der Waals surface area contributed by atoms with Crippen molar-refractivity contribution in [1.29, 1.82) is 0 Å². The lowest BCUT2D eigenvalue weighted by atomic mass is 10.00. The molecule has 4 heteroatoms. The molecule has 10 rings (SSSR count). The lowest BCUT2D eigenvalue weighted by Gasteiger charge is -2.27.